The Morgan fingerprint density at radius 3 is 3.07 bits per heavy atom. The normalized spacial score (nSPS) is 19.2. The number of imidazole rings is 1. The molecule has 76 valence electrons. The lowest BCUT2D eigenvalue weighted by Gasteiger charge is -1.97. The van der Waals surface area contributed by atoms with Gasteiger partial charge < -0.3 is 10.3 Å². The molecular formula is C12H13N3. The highest BCUT2D eigenvalue weighted by atomic mass is 15.0. The summed E-state index contributed by atoms with van der Waals surface area (Å²) in [6.45, 7) is 1.07. The quantitative estimate of drug-likeness (QED) is 0.740. The number of aromatic amines is 1. The molecule has 1 saturated carbocycles. The SMILES string of the molecule is c1c2c(cc3[nH]c(C4CC4)nc13)CCN2. The molecule has 2 aliphatic rings. The van der Waals surface area contributed by atoms with Crippen molar-refractivity contribution in [3.8, 4) is 0 Å². The zero-order valence-electron chi connectivity index (χ0n) is 8.51. The summed E-state index contributed by atoms with van der Waals surface area (Å²) in [5.41, 5.74) is 5.02. The topological polar surface area (TPSA) is 40.7 Å². The van der Waals surface area contributed by atoms with Crippen LogP contribution in [0.1, 0.15) is 30.1 Å². The summed E-state index contributed by atoms with van der Waals surface area (Å²) >= 11 is 0. The van der Waals surface area contributed by atoms with Gasteiger partial charge in [0, 0.05) is 18.2 Å². The maximum absolute atomic E-state index is 4.66. The zero-order valence-corrected chi connectivity index (χ0v) is 8.51. The van der Waals surface area contributed by atoms with Gasteiger partial charge in [-0.1, -0.05) is 0 Å². The second kappa shape index (κ2) is 2.54. The van der Waals surface area contributed by atoms with Crippen molar-refractivity contribution in [3.05, 3.63) is 23.5 Å². The van der Waals surface area contributed by atoms with Gasteiger partial charge in [-0.3, -0.25) is 0 Å². The lowest BCUT2D eigenvalue weighted by molar-refractivity contribution is 0.986. The van der Waals surface area contributed by atoms with Gasteiger partial charge in [-0.15, -0.1) is 0 Å². The molecule has 1 aromatic heterocycles. The van der Waals surface area contributed by atoms with Crippen LogP contribution in [0, 0.1) is 0 Å². The van der Waals surface area contributed by atoms with E-state index in [0.29, 0.717) is 5.92 Å². The summed E-state index contributed by atoms with van der Waals surface area (Å²) in [4.78, 5) is 8.10. The van der Waals surface area contributed by atoms with Crippen LogP contribution < -0.4 is 5.32 Å². The average molecular weight is 199 g/mol. The standard InChI is InChI=1S/C12H13N3/c1-2-7(1)12-14-10-5-8-3-4-13-9(8)6-11(10)15-12/h5-7,13H,1-4H2,(H,14,15). The Balaban J connectivity index is 1.94. The van der Waals surface area contributed by atoms with Crippen LogP contribution in [0.3, 0.4) is 0 Å². The van der Waals surface area contributed by atoms with Crippen molar-refractivity contribution in [3.63, 3.8) is 0 Å². The number of aromatic nitrogens is 2. The fraction of sp³-hybridized carbons (Fsp3) is 0.417. The van der Waals surface area contributed by atoms with Crippen LogP contribution in [0.15, 0.2) is 12.1 Å². The number of H-pyrrole nitrogens is 1. The summed E-state index contributed by atoms with van der Waals surface area (Å²) in [5.74, 6) is 1.90. The van der Waals surface area contributed by atoms with Crippen molar-refractivity contribution in [2.45, 2.75) is 25.2 Å². The van der Waals surface area contributed by atoms with Crippen molar-refractivity contribution in [2.75, 3.05) is 11.9 Å². The van der Waals surface area contributed by atoms with Gasteiger partial charge in [-0.25, -0.2) is 4.98 Å². The van der Waals surface area contributed by atoms with E-state index in [9.17, 15) is 0 Å². The molecule has 2 N–H and O–H groups in total. The molecule has 3 heteroatoms. The van der Waals surface area contributed by atoms with Gasteiger partial charge in [-0.2, -0.15) is 0 Å². The largest absolute Gasteiger partial charge is 0.384 e. The van der Waals surface area contributed by atoms with Crippen molar-refractivity contribution in [1.82, 2.24) is 9.97 Å². The maximum Gasteiger partial charge on any atom is 0.110 e. The molecule has 0 atom stereocenters. The van der Waals surface area contributed by atoms with Gasteiger partial charge in [0.2, 0.25) is 0 Å². The van der Waals surface area contributed by atoms with E-state index in [1.165, 1.54) is 35.4 Å². The van der Waals surface area contributed by atoms with Crippen molar-refractivity contribution >= 4 is 16.7 Å². The summed E-state index contributed by atoms with van der Waals surface area (Å²) in [6.07, 6.45) is 3.75. The number of hydrogen-bond acceptors (Lipinski definition) is 2. The number of hydrogen-bond donors (Lipinski definition) is 2. The zero-order chi connectivity index (χ0) is 9.83. The van der Waals surface area contributed by atoms with E-state index in [-0.39, 0.29) is 0 Å². The number of nitrogens with one attached hydrogen (secondary N) is 2. The van der Waals surface area contributed by atoms with Crippen LogP contribution in [0.4, 0.5) is 5.69 Å². The van der Waals surface area contributed by atoms with Crippen molar-refractivity contribution < 1.29 is 0 Å². The monoisotopic (exact) mass is 199 g/mol. The summed E-state index contributed by atoms with van der Waals surface area (Å²) < 4.78 is 0. The molecule has 2 heterocycles. The highest BCUT2D eigenvalue weighted by Crippen LogP contribution is 2.39. The lowest BCUT2D eigenvalue weighted by atomic mass is 10.1. The molecule has 1 aromatic carbocycles. The first-order valence-corrected chi connectivity index (χ1v) is 5.66. The minimum absolute atomic E-state index is 0.709. The maximum atomic E-state index is 4.66. The van der Waals surface area contributed by atoms with Gasteiger partial charge in [-0.05, 0) is 37.0 Å². The van der Waals surface area contributed by atoms with E-state index in [1.807, 2.05) is 0 Å². The van der Waals surface area contributed by atoms with Crippen LogP contribution in [0.25, 0.3) is 11.0 Å². The van der Waals surface area contributed by atoms with Gasteiger partial charge >= 0.3 is 0 Å². The van der Waals surface area contributed by atoms with E-state index < -0.39 is 0 Å². The smallest absolute Gasteiger partial charge is 0.110 e. The number of rotatable bonds is 1. The van der Waals surface area contributed by atoms with Gasteiger partial charge in [0.1, 0.15) is 5.82 Å². The minimum atomic E-state index is 0.709. The number of nitrogens with zero attached hydrogens (tertiary/aromatic N) is 1. The molecule has 2 aromatic rings. The lowest BCUT2D eigenvalue weighted by Crippen LogP contribution is -1.90. The first-order valence-electron chi connectivity index (χ1n) is 5.66. The fourth-order valence-corrected chi connectivity index (χ4v) is 2.37. The number of benzene rings is 1. The highest BCUT2D eigenvalue weighted by Gasteiger charge is 2.27. The molecule has 4 rings (SSSR count). The molecular weight excluding hydrogens is 186 g/mol. The van der Waals surface area contributed by atoms with Crippen LogP contribution in [0.2, 0.25) is 0 Å². The molecule has 15 heavy (non-hydrogen) atoms. The molecule has 1 fully saturated rings. The molecule has 1 aliphatic heterocycles. The van der Waals surface area contributed by atoms with E-state index in [2.05, 4.69) is 27.4 Å². The summed E-state index contributed by atoms with van der Waals surface area (Å²) in [5, 5.41) is 3.39. The third-order valence-corrected chi connectivity index (χ3v) is 3.40. The molecule has 0 radical (unpaired) electrons. The molecule has 3 nitrogen and oxygen atoms in total. The Bertz CT molecular complexity index is 496. The van der Waals surface area contributed by atoms with E-state index in [1.54, 1.807) is 0 Å². The molecule has 1 aliphatic carbocycles. The van der Waals surface area contributed by atoms with Gasteiger partial charge in [0.15, 0.2) is 0 Å². The Labute approximate surface area is 87.9 Å². The Hall–Kier alpha value is -1.51. The second-order valence-corrected chi connectivity index (χ2v) is 4.60. The molecule has 0 spiro atoms. The highest BCUT2D eigenvalue weighted by molar-refractivity contribution is 5.82. The van der Waals surface area contributed by atoms with Gasteiger partial charge in [0.05, 0.1) is 11.0 Å². The van der Waals surface area contributed by atoms with Crippen LogP contribution in [0.5, 0.6) is 0 Å². The fourth-order valence-electron chi connectivity index (χ4n) is 2.37. The van der Waals surface area contributed by atoms with Crippen LogP contribution in [-0.4, -0.2) is 16.5 Å². The van der Waals surface area contributed by atoms with Crippen molar-refractivity contribution in [1.29, 1.82) is 0 Å². The van der Waals surface area contributed by atoms with Crippen LogP contribution >= 0.6 is 0 Å². The van der Waals surface area contributed by atoms with Crippen molar-refractivity contribution in [2.24, 2.45) is 0 Å². The van der Waals surface area contributed by atoms with Gasteiger partial charge in [0.25, 0.3) is 0 Å². The predicted octanol–water partition coefficient (Wildman–Crippen LogP) is 2.41. The molecule has 0 amide bonds. The number of fused-ring (bicyclic) bond motifs is 2. The third kappa shape index (κ3) is 1.09. The summed E-state index contributed by atoms with van der Waals surface area (Å²) in [7, 11) is 0. The Morgan fingerprint density at radius 1 is 1.27 bits per heavy atom. The Kier molecular flexibility index (Phi) is 1.31. The van der Waals surface area contributed by atoms with E-state index >= 15 is 0 Å². The molecule has 0 unspecified atom stereocenters. The minimum Gasteiger partial charge on any atom is -0.384 e. The second-order valence-electron chi connectivity index (χ2n) is 4.60. The van der Waals surface area contributed by atoms with Crippen LogP contribution in [-0.2, 0) is 6.42 Å². The first-order chi connectivity index (χ1) is 7.40. The average Bonchev–Trinajstić information content (AvgIpc) is 2.85. The number of anilines is 1. The molecule has 0 bridgehead atoms. The van der Waals surface area contributed by atoms with E-state index in [0.717, 1.165) is 18.5 Å². The summed E-state index contributed by atoms with van der Waals surface area (Å²) in [6, 6.07) is 4.43. The Morgan fingerprint density at radius 2 is 2.20 bits per heavy atom. The van der Waals surface area contributed by atoms with E-state index in [4.69, 9.17) is 0 Å². The third-order valence-electron chi connectivity index (χ3n) is 3.40. The molecule has 0 saturated heterocycles. The first kappa shape index (κ1) is 7.74. The predicted molar refractivity (Wildman–Crippen MR) is 60.3 cm³/mol.